The number of allylic oxidation sites excluding steroid dienone is 5. The number of imidazole rings is 1. The summed E-state index contributed by atoms with van der Waals surface area (Å²) in [7, 11) is 3.61. The number of imide groups is 1. The smallest absolute Gasteiger partial charge is 0.340 e. The first-order chi connectivity index (χ1) is 46.4. The van der Waals surface area contributed by atoms with Crippen LogP contribution >= 0.6 is 21.6 Å². The molecule has 9 bridgehead atoms. The second kappa shape index (κ2) is 26.6. The molecule has 5 saturated carbocycles. The van der Waals surface area contributed by atoms with Crippen LogP contribution in [0.2, 0.25) is 0 Å². The molecular weight excluding hydrogens is 1230 g/mol. The predicted octanol–water partition coefficient (Wildman–Crippen LogP) is 11.6. The van der Waals surface area contributed by atoms with Crippen LogP contribution in [0.4, 0.5) is 0 Å². The van der Waals surface area contributed by atoms with Crippen LogP contribution in [-0.4, -0.2) is 103 Å². The number of hydrogen-bond donors (Lipinski definition) is 7. The Hall–Kier alpha value is -5.61. The van der Waals surface area contributed by atoms with Crippen LogP contribution in [0.1, 0.15) is 159 Å². The second-order valence-corrected chi connectivity index (χ2v) is 33.7. The molecule has 95 heavy (non-hydrogen) atoms. The molecule has 6 fully saturated rings. The normalized spacial score (nSPS) is 38.3. The highest BCUT2D eigenvalue weighted by Gasteiger charge is 2.70. The van der Waals surface area contributed by atoms with Crippen LogP contribution < -0.4 is 16.0 Å². The van der Waals surface area contributed by atoms with E-state index in [2.05, 4.69) is 75.0 Å². The van der Waals surface area contributed by atoms with Gasteiger partial charge in [0.05, 0.1) is 46.6 Å². The van der Waals surface area contributed by atoms with E-state index in [4.69, 9.17) is 9.47 Å². The van der Waals surface area contributed by atoms with E-state index in [0.717, 1.165) is 154 Å². The number of fused-ring (bicyclic) bond motifs is 5. The molecule has 17 rings (SSSR count). The first kappa shape index (κ1) is 64.1. The van der Waals surface area contributed by atoms with E-state index in [9.17, 15) is 24.9 Å². The molecule has 1 aromatic heterocycles. The zero-order valence-corrected chi connectivity index (χ0v) is 56.8. The van der Waals surface area contributed by atoms with Gasteiger partial charge >= 0.3 is 11.9 Å². The van der Waals surface area contributed by atoms with Gasteiger partial charge in [0, 0.05) is 85.1 Å². The highest BCUT2D eigenvalue weighted by molar-refractivity contribution is 8.76. The van der Waals surface area contributed by atoms with Gasteiger partial charge in [0.25, 0.3) is 11.8 Å². The highest BCUT2D eigenvalue weighted by Crippen LogP contribution is 2.73. The number of ether oxygens (including phenoxy) is 2. The Bertz CT molecular complexity index is 3610. The summed E-state index contributed by atoms with van der Waals surface area (Å²) < 4.78 is 13.9. The number of amides is 2. The van der Waals surface area contributed by atoms with Gasteiger partial charge in [-0.1, -0.05) is 103 Å². The van der Waals surface area contributed by atoms with Gasteiger partial charge in [0.2, 0.25) is 0 Å². The number of aromatic nitrogens is 2. The third-order valence-electron chi connectivity index (χ3n) is 26.8. The molecule has 19 atom stereocenters. The van der Waals surface area contributed by atoms with Crippen LogP contribution in [0.3, 0.4) is 0 Å². The third-order valence-corrected chi connectivity index (χ3v) is 29.3. The molecule has 2 aromatic rings. The number of hydrogen-bond acceptors (Lipinski definition) is 15. The SMILES string of the molecule is CCC1(C2=C3OC(=O)C4=C3C(CC2)CC2C3CCC5(C6=CCC(C7CCC8CC(CO)CC(C(O)Cc9ccccc9)C#CCC7C8)C(NC7CCC8CCCC(Cc9cnc[nH]9)C8C7O)SSCNC7=CC(=CCN7)C(CN7C(=O)C=CC7=O)C3=C5C(=O)O6)C42)CCCC1. The van der Waals surface area contributed by atoms with E-state index in [1.165, 1.54) is 35.5 Å². The molecule has 0 radical (unpaired) electrons. The Morgan fingerprint density at radius 1 is 0.863 bits per heavy atom. The molecule has 2 amide bonds. The summed E-state index contributed by atoms with van der Waals surface area (Å²) in [5.41, 5.74) is 6.84. The standard InChI is InChI=1S/C78H96N6O9S2/c1-2-77(28-6-7-29-77)59-21-17-52-37-57-55-26-30-78(70(57)69-67(52)73(59)93-75(69)90)62-23-20-56(54-19-16-45-32-46(41-85)34-50(14-9-13-48(54)33-45)61(86)35-44-10-4-3-5-11-44)74(83-60-22-18-47-12-8-15-51(66(47)72(60)89)36-53-39-79-42-81-53)95-94-43-82-63-38-49(27-31-80-63)58(68(55)71(78)76(91)92-62)40-84-64(87)24-25-65(84)88/h3-5,10-11,23-25,27,38-39,42,45-48,50-52,54-58,60-61,66,70,72,74,80,82-83,85-86,89H,2,6-8,12-13,15-22,26,28-37,40-41,43H2,1H3,(H,79,81). The summed E-state index contributed by atoms with van der Waals surface area (Å²) in [6.07, 6.45) is 33.6. The van der Waals surface area contributed by atoms with Crippen LogP contribution in [0.15, 0.2) is 124 Å². The Morgan fingerprint density at radius 3 is 2.53 bits per heavy atom. The van der Waals surface area contributed by atoms with Gasteiger partial charge in [0.15, 0.2) is 0 Å². The van der Waals surface area contributed by atoms with Crippen molar-refractivity contribution in [3.63, 3.8) is 0 Å². The number of aliphatic hydroxyl groups excluding tert-OH is 3. The van der Waals surface area contributed by atoms with Crippen LogP contribution in [0.5, 0.6) is 0 Å². The van der Waals surface area contributed by atoms with Crippen molar-refractivity contribution in [2.75, 3.05) is 25.6 Å². The number of aliphatic hydroxyl groups is 3. The highest BCUT2D eigenvalue weighted by atomic mass is 33.1. The maximum atomic E-state index is 16.0. The summed E-state index contributed by atoms with van der Waals surface area (Å²) in [6, 6.07) is 9.97. The van der Waals surface area contributed by atoms with Crippen molar-refractivity contribution in [2.45, 2.75) is 185 Å². The average Bonchev–Trinajstić information content (AvgIpc) is 1.58. The minimum absolute atomic E-state index is 0.00559. The molecule has 1 saturated heterocycles. The number of aromatic amines is 1. The number of nitrogens with zero attached hydrogens (tertiary/aromatic N) is 2. The summed E-state index contributed by atoms with van der Waals surface area (Å²) in [5.74, 6) is 9.11. The molecule has 6 heterocycles. The maximum absolute atomic E-state index is 16.0. The van der Waals surface area contributed by atoms with Crippen molar-refractivity contribution in [3.8, 4) is 11.8 Å². The van der Waals surface area contributed by atoms with Crippen LogP contribution in [-0.2, 0) is 41.5 Å². The van der Waals surface area contributed by atoms with E-state index >= 15 is 9.59 Å². The topological polar surface area (TPSA) is 215 Å². The van der Waals surface area contributed by atoms with Gasteiger partial charge in [-0.15, -0.1) is 5.92 Å². The molecule has 1 spiro atoms. The Balaban J connectivity index is 0.843. The second-order valence-electron chi connectivity index (χ2n) is 31.2. The Morgan fingerprint density at radius 2 is 1.72 bits per heavy atom. The molecule has 15 aliphatic rings. The van der Waals surface area contributed by atoms with Crippen molar-refractivity contribution in [1.29, 1.82) is 0 Å². The summed E-state index contributed by atoms with van der Waals surface area (Å²) in [6.45, 7) is 2.92. The minimum Gasteiger partial charge on any atom is -0.427 e. The lowest BCUT2D eigenvalue weighted by Gasteiger charge is -2.58. The van der Waals surface area contributed by atoms with Crippen LogP contribution in [0.25, 0.3) is 0 Å². The number of carbonyl (C=O) groups is 4. The van der Waals surface area contributed by atoms with Gasteiger partial charge in [-0.25, -0.2) is 14.6 Å². The van der Waals surface area contributed by atoms with E-state index in [1.807, 2.05) is 35.2 Å². The number of dihydropyridines is 1. The van der Waals surface area contributed by atoms with Crippen molar-refractivity contribution >= 4 is 45.3 Å². The van der Waals surface area contributed by atoms with Gasteiger partial charge in [-0.3, -0.25) is 19.8 Å². The largest absolute Gasteiger partial charge is 0.427 e. The summed E-state index contributed by atoms with van der Waals surface area (Å²) >= 11 is 0. The summed E-state index contributed by atoms with van der Waals surface area (Å²) in [5, 5.41) is 47.8. The fraction of sp³-hybridized carbons (Fsp3) is 0.628. The zero-order valence-electron chi connectivity index (χ0n) is 55.1. The number of H-pyrrole nitrogens is 1. The Labute approximate surface area is 568 Å². The first-order valence-corrected chi connectivity index (χ1v) is 39.1. The maximum Gasteiger partial charge on any atom is 0.340 e. The van der Waals surface area contributed by atoms with E-state index in [1.54, 1.807) is 17.1 Å². The van der Waals surface area contributed by atoms with Crippen molar-refractivity contribution in [3.05, 3.63) is 135 Å². The predicted molar refractivity (Wildman–Crippen MR) is 366 cm³/mol. The van der Waals surface area contributed by atoms with Gasteiger partial charge in [-0.2, -0.15) is 0 Å². The lowest BCUT2D eigenvalue weighted by Crippen LogP contribution is -2.56. The quantitative estimate of drug-likeness (QED) is 0.0430. The fourth-order valence-electron chi connectivity index (χ4n) is 22.6. The minimum atomic E-state index is -1.03. The van der Waals surface area contributed by atoms with E-state index < -0.39 is 29.5 Å². The number of esters is 2. The molecule has 10 aliphatic carbocycles. The molecule has 19 unspecified atom stereocenters. The van der Waals surface area contributed by atoms with E-state index in [-0.39, 0.29) is 107 Å². The average molecular weight is 1330 g/mol. The van der Waals surface area contributed by atoms with Crippen molar-refractivity contribution < 1.29 is 44.0 Å². The molecule has 7 N–H and O–H groups in total. The molecule has 1 aromatic carbocycles. The number of nitrogens with one attached hydrogen (secondary N) is 4. The lowest BCUT2D eigenvalue weighted by molar-refractivity contribution is -0.138. The first-order valence-electron chi connectivity index (χ1n) is 36.7. The number of carbonyl (C=O) groups excluding carboxylic acids is 4. The molecular formula is C78H96N6O9S2. The molecule has 17 heteroatoms. The molecule has 5 aliphatic heterocycles. The van der Waals surface area contributed by atoms with Gasteiger partial charge in [-0.05, 0) is 221 Å². The number of rotatable bonds is 13. The lowest BCUT2D eigenvalue weighted by atomic mass is 9.42. The van der Waals surface area contributed by atoms with Gasteiger partial charge < -0.3 is 40.4 Å². The molecule has 504 valence electrons. The summed E-state index contributed by atoms with van der Waals surface area (Å²) in [4.78, 5) is 68.4. The zero-order chi connectivity index (χ0) is 64.7. The van der Waals surface area contributed by atoms with Crippen LogP contribution in [0, 0.1) is 106 Å². The van der Waals surface area contributed by atoms with Gasteiger partial charge in [0.1, 0.15) is 11.5 Å². The molecule has 15 nitrogen and oxygen atoms in total. The number of benzene rings is 1. The Kier molecular flexibility index (Phi) is 17.9. The van der Waals surface area contributed by atoms with E-state index in [0.29, 0.717) is 73.6 Å². The van der Waals surface area contributed by atoms with Crippen molar-refractivity contribution in [2.24, 2.45) is 93.7 Å². The fourth-order valence-corrected chi connectivity index (χ4v) is 25.1. The third kappa shape index (κ3) is 11.5. The van der Waals surface area contributed by atoms with Crippen molar-refractivity contribution in [1.82, 2.24) is 30.8 Å². The monoisotopic (exact) mass is 1320 g/mol.